The van der Waals surface area contributed by atoms with Crippen molar-refractivity contribution in [2.45, 2.75) is 40.0 Å². The summed E-state index contributed by atoms with van der Waals surface area (Å²) >= 11 is 1.49. The summed E-state index contributed by atoms with van der Waals surface area (Å²) in [4.78, 5) is 26.5. The molecule has 0 radical (unpaired) electrons. The number of rotatable bonds is 4. The summed E-state index contributed by atoms with van der Waals surface area (Å²) in [5.41, 5.74) is 2.15. The molecule has 6 heteroatoms. The van der Waals surface area contributed by atoms with Gasteiger partial charge < -0.3 is 14.8 Å². The molecule has 1 aliphatic carbocycles. The van der Waals surface area contributed by atoms with E-state index in [-0.39, 0.29) is 11.3 Å². The van der Waals surface area contributed by atoms with Crippen LogP contribution in [-0.2, 0) is 17.6 Å². The molecule has 2 aromatic rings. The molecule has 0 saturated heterocycles. The van der Waals surface area contributed by atoms with E-state index in [1.807, 2.05) is 6.07 Å². The van der Waals surface area contributed by atoms with Crippen LogP contribution in [0.25, 0.3) is 0 Å². The van der Waals surface area contributed by atoms with Crippen LogP contribution < -0.4 is 10.1 Å². The molecule has 1 N–H and O–H groups in total. The number of esters is 1. The van der Waals surface area contributed by atoms with Crippen molar-refractivity contribution in [2.24, 2.45) is 11.3 Å². The fraction of sp³-hybridized carbons (Fsp3) is 0.455. The molecular weight excluding hydrogens is 374 g/mol. The Kier molecular flexibility index (Phi) is 5.79. The molecule has 28 heavy (non-hydrogen) atoms. The Hall–Kier alpha value is -2.34. The Morgan fingerprint density at radius 1 is 1.18 bits per heavy atom. The topological polar surface area (TPSA) is 64.6 Å². The molecule has 0 bridgehead atoms. The van der Waals surface area contributed by atoms with Crippen molar-refractivity contribution in [3.63, 3.8) is 0 Å². The van der Waals surface area contributed by atoms with Crippen LogP contribution in [-0.4, -0.2) is 26.1 Å². The van der Waals surface area contributed by atoms with E-state index in [0.29, 0.717) is 27.8 Å². The molecule has 0 aliphatic heterocycles. The largest absolute Gasteiger partial charge is 0.496 e. The highest BCUT2D eigenvalue weighted by Gasteiger charge is 2.34. The summed E-state index contributed by atoms with van der Waals surface area (Å²) in [6.07, 6.45) is 2.76. The average molecular weight is 402 g/mol. The molecular formula is C22H27NO4S. The van der Waals surface area contributed by atoms with Crippen LogP contribution in [0, 0.1) is 11.3 Å². The molecule has 1 aromatic heterocycles. The van der Waals surface area contributed by atoms with Gasteiger partial charge in [0.2, 0.25) is 0 Å². The Morgan fingerprint density at radius 3 is 2.54 bits per heavy atom. The first-order chi connectivity index (χ1) is 13.3. The number of para-hydroxylation sites is 1. The molecule has 1 aliphatic rings. The van der Waals surface area contributed by atoms with Crippen LogP contribution in [0.5, 0.6) is 5.75 Å². The fourth-order valence-electron chi connectivity index (χ4n) is 3.73. The number of hydrogen-bond acceptors (Lipinski definition) is 5. The van der Waals surface area contributed by atoms with Crippen molar-refractivity contribution < 1.29 is 19.1 Å². The first-order valence-electron chi connectivity index (χ1n) is 9.43. The zero-order chi connectivity index (χ0) is 20.5. The number of carbonyl (C=O) groups excluding carboxylic acids is 2. The molecule has 150 valence electrons. The summed E-state index contributed by atoms with van der Waals surface area (Å²) < 4.78 is 10.3. The van der Waals surface area contributed by atoms with Crippen molar-refractivity contribution in [3.05, 3.63) is 45.8 Å². The lowest BCUT2D eigenvalue weighted by molar-refractivity contribution is 0.0600. The Morgan fingerprint density at radius 2 is 1.89 bits per heavy atom. The zero-order valence-corrected chi connectivity index (χ0v) is 17.9. The van der Waals surface area contributed by atoms with Gasteiger partial charge in [-0.15, -0.1) is 11.3 Å². The van der Waals surface area contributed by atoms with Crippen molar-refractivity contribution in [3.8, 4) is 5.75 Å². The van der Waals surface area contributed by atoms with E-state index in [9.17, 15) is 9.59 Å². The molecule has 1 atom stereocenters. The molecule has 1 amide bonds. The predicted octanol–water partition coefficient (Wildman–Crippen LogP) is 4.95. The third kappa shape index (κ3) is 3.92. The number of nitrogens with one attached hydrogen (secondary N) is 1. The van der Waals surface area contributed by atoms with Crippen molar-refractivity contribution in [1.29, 1.82) is 0 Å². The van der Waals surface area contributed by atoms with E-state index in [1.165, 1.54) is 30.4 Å². The molecule has 0 saturated carbocycles. The van der Waals surface area contributed by atoms with Crippen LogP contribution >= 0.6 is 11.3 Å². The van der Waals surface area contributed by atoms with Crippen LogP contribution in [0.1, 0.15) is 58.3 Å². The van der Waals surface area contributed by atoms with Gasteiger partial charge >= 0.3 is 5.97 Å². The Balaban J connectivity index is 1.96. The SMILES string of the molecule is COC(=O)c1c(NC(=O)c2ccccc2OC)sc2c1CCC(C(C)(C)C)C2. The van der Waals surface area contributed by atoms with E-state index in [2.05, 4.69) is 26.1 Å². The number of anilines is 1. The molecule has 1 unspecified atom stereocenters. The lowest BCUT2D eigenvalue weighted by Gasteiger charge is -2.33. The second-order valence-corrected chi connectivity index (χ2v) is 9.26. The van der Waals surface area contributed by atoms with Gasteiger partial charge in [-0.1, -0.05) is 32.9 Å². The normalized spacial score (nSPS) is 16.2. The first kappa shape index (κ1) is 20.4. The summed E-state index contributed by atoms with van der Waals surface area (Å²) in [5, 5.41) is 3.48. The number of thiophene rings is 1. The Labute approximate surface area is 170 Å². The van der Waals surface area contributed by atoms with Gasteiger partial charge in [-0.3, -0.25) is 4.79 Å². The predicted molar refractivity (Wildman–Crippen MR) is 112 cm³/mol. The second kappa shape index (κ2) is 7.95. The van der Waals surface area contributed by atoms with E-state index in [4.69, 9.17) is 9.47 Å². The van der Waals surface area contributed by atoms with E-state index >= 15 is 0 Å². The first-order valence-corrected chi connectivity index (χ1v) is 10.2. The molecule has 5 nitrogen and oxygen atoms in total. The van der Waals surface area contributed by atoms with Crippen LogP contribution in [0.3, 0.4) is 0 Å². The van der Waals surface area contributed by atoms with Crippen molar-refractivity contribution >= 4 is 28.2 Å². The van der Waals surface area contributed by atoms with Crippen LogP contribution in [0.4, 0.5) is 5.00 Å². The monoisotopic (exact) mass is 401 g/mol. The number of carbonyl (C=O) groups is 2. The van der Waals surface area contributed by atoms with E-state index in [0.717, 1.165) is 24.8 Å². The number of hydrogen-bond donors (Lipinski definition) is 1. The van der Waals surface area contributed by atoms with Crippen molar-refractivity contribution in [2.75, 3.05) is 19.5 Å². The fourth-order valence-corrected chi connectivity index (χ4v) is 5.04. The van der Waals surface area contributed by atoms with Gasteiger partial charge in [0.15, 0.2) is 0 Å². The highest BCUT2D eigenvalue weighted by molar-refractivity contribution is 7.17. The summed E-state index contributed by atoms with van der Waals surface area (Å²) in [7, 11) is 2.90. The third-order valence-corrected chi connectivity index (χ3v) is 6.63. The maximum atomic E-state index is 12.9. The highest BCUT2D eigenvalue weighted by Crippen LogP contribution is 2.44. The van der Waals surface area contributed by atoms with Gasteiger partial charge in [0.05, 0.1) is 25.3 Å². The lowest BCUT2D eigenvalue weighted by atomic mass is 9.72. The average Bonchev–Trinajstić information content (AvgIpc) is 3.03. The molecule has 1 aromatic carbocycles. The minimum Gasteiger partial charge on any atom is -0.496 e. The standard InChI is InChI=1S/C22H27NO4S/c1-22(2,3)13-10-11-15-17(12-13)28-20(18(15)21(25)27-5)23-19(24)14-8-6-7-9-16(14)26-4/h6-9,13H,10-12H2,1-5H3,(H,23,24). The highest BCUT2D eigenvalue weighted by atomic mass is 32.1. The molecule has 0 fully saturated rings. The minimum atomic E-state index is -0.401. The number of amides is 1. The number of methoxy groups -OCH3 is 2. The van der Waals surface area contributed by atoms with Crippen LogP contribution in [0.2, 0.25) is 0 Å². The van der Waals surface area contributed by atoms with Gasteiger partial charge in [-0.05, 0) is 48.3 Å². The third-order valence-electron chi connectivity index (χ3n) is 5.46. The van der Waals surface area contributed by atoms with E-state index < -0.39 is 5.97 Å². The van der Waals surface area contributed by atoms with Crippen LogP contribution in [0.15, 0.2) is 24.3 Å². The smallest absolute Gasteiger partial charge is 0.341 e. The zero-order valence-electron chi connectivity index (χ0n) is 17.0. The Bertz CT molecular complexity index is 894. The maximum Gasteiger partial charge on any atom is 0.341 e. The molecule has 0 spiro atoms. The second-order valence-electron chi connectivity index (χ2n) is 8.16. The number of fused-ring (bicyclic) bond motifs is 1. The van der Waals surface area contributed by atoms with E-state index in [1.54, 1.807) is 18.2 Å². The minimum absolute atomic E-state index is 0.202. The quantitative estimate of drug-likeness (QED) is 0.737. The maximum absolute atomic E-state index is 12.9. The van der Waals surface area contributed by atoms with Gasteiger partial charge in [0.25, 0.3) is 5.91 Å². The van der Waals surface area contributed by atoms with Gasteiger partial charge in [-0.25, -0.2) is 4.79 Å². The molecule has 1 heterocycles. The van der Waals surface area contributed by atoms with Crippen molar-refractivity contribution in [1.82, 2.24) is 0 Å². The lowest BCUT2D eigenvalue weighted by Crippen LogP contribution is -2.26. The summed E-state index contributed by atoms with van der Waals surface area (Å²) in [6.45, 7) is 6.76. The number of benzene rings is 1. The molecule has 3 rings (SSSR count). The van der Waals surface area contributed by atoms with Gasteiger partial charge in [0.1, 0.15) is 10.8 Å². The van der Waals surface area contributed by atoms with Gasteiger partial charge in [0, 0.05) is 4.88 Å². The summed E-state index contributed by atoms with van der Waals surface area (Å²) in [5.74, 6) is 0.339. The summed E-state index contributed by atoms with van der Waals surface area (Å²) in [6, 6.07) is 7.04. The number of ether oxygens (including phenoxy) is 2. The van der Waals surface area contributed by atoms with Gasteiger partial charge in [-0.2, -0.15) is 0 Å².